The van der Waals surface area contributed by atoms with Crippen LogP contribution >= 0.6 is 35.3 Å². The summed E-state index contributed by atoms with van der Waals surface area (Å²) in [6.07, 6.45) is 0. The number of anilines is 1. The number of hydrogen-bond donors (Lipinski definition) is 2. The first kappa shape index (κ1) is 21.6. The van der Waals surface area contributed by atoms with Crippen LogP contribution in [0.5, 0.6) is 11.5 Å². The lowest BCUT2D eigenvalue weighted by atomic mass is 10.1. The molecule has 0 radical (unpaired) electrons. The molecule has 0 amide bonds. The van der Waals surface area contributed by atoms with Gasteiger partial charge in [-0.1, -0.05) is 6.92 Å². The van der Waals surface area contributed by atoms with Crippen molar-refractivity contribution in [3.05, 3.63) is 40.6 Å². The first-order valence-electron chi connectivity index (χ1n) is 7.97. The van der Waals surface area contributed by atoms with Crippen molar-refractivity contribution in [2.24, 2.45) is 4.99 Å². The third-order valence-electron chi connectivity index (χ3n) is 3.63. The van der Waals surface area contributed by atoms with Gasteiger partial charge in [-0.05, 0) is 41.4 Å². The van der Waals surface area contributed by atoms with E-state index in [0.717, 1.165) is 24.7 Å². The van der Waals surface area contributed by atoms with E-state index in [2.05, 4.69) is 39.4 Å². The highest BCUT2D eigenvalue weighted by atomic mass is 127. The predicted octanol–water partition coefficient (Wildman–Crippen LogP) is 4.56. The van der Waals surface area contributed by atoms with Crippen molar-refractivity contribution in [2.75, 3.05) is 32.6 Å². The van der Waals surface area contributed by atoms with Crippen LogP contribution in [0, 0.1) is 0 Å². The molecule has 1 aromatic carbocycles. The minimum absolute atomic E-state index is 0. The minimum atomic E-state index is 0. The molecular weight excluding hydrogens is 449 g/mol. The second-order valence-electron chi connectivity index (χ2n) is 5.37. The molecule has 1 aromatic heterocycles. The summed E-state index contributed by atoms with van der Waals surface area (Å²) >= 11 is 1.72. The van der Waals surface area contributed by atoms with Crippen LogP contribution in [-0.4, -0.2) is 33.3 Å². The summed E-state index contributed by atoms with van der Waals surface area (Å²) in [4.78, 5) is 4.69. The molecule has 1 atom stereocenters. The number of aliphatic imine (C=N–C) groups is 1. The van der Waals surface area contributed by atoms with Gasteiger partial charge >= 0.3 is 0 Å². The van der Waals surface area contributed by atoms with Crippen LogP contribution in [0.1, 0.15) is 25.3 Å². The van der Waals surface area contributed by atoms with Crippen molar-refractivity contribution < 1.29 is 9.47 Å². The van der Waals surface area contributed by atoms with Gasteiger partial charge in [0.25, 0.3) is 0 Å². The normalized spacial score (nSPS) is 12.1. The fraction of sp³-hybridized carbons (Fsp3) is 0.389. The van der Waals surface area contributed by atoms with Crippen molar-refractivity contribution >= 4 is 47.0 Å². The van der Waals surface area contributed by atoms with E-state index in [-0.39, 0.29) is 24.0 Å². The van der Waals surface area contributed by atoms with E-state index in [1.165, 1.54) is 5.56 Å². The molecule has 2 rings (SSSR count). The number of ether oxygens (including phenoxy) is 2. The maximum Gasteiger partial charge on any atom is 0.195 e. The Kier molecular flexibility index (Phi) is 9.66. The van der Waals surface area contributed by atoms with Gasteiger partial charge in [0, 0.05) is 30.8 Å². The third-order valence-corrected chi connectivity index (χ3v) is 4.33. The topological polar surface area (TPSA) is 54.9 Å². The van der Waals surface area contributed by atoms with E-state index in [9.17, 15) is 0 Å². The van der Waals surface area contributed by atoms with Crippen molar-refractivity contribution in [1.29, 1.82) is 0 Å². The number of thiophene rings is 1. The maximum atomic E-state index is 5.34. The molecule has 25 heavy (non-hydrogen) atoms. The Morgan fingerprint density at radius 1 is 1.20 bits per heavy atom. The lowest BCUT2D eigenvalue weighted by molar-refractivity contribution is 0.355. The highest BCUT2D eigenvalue weighted by molar-refractivity contribution is 14.0. The second kappa shape index (κ2) is 11.2. The molecule has 0 aliphatic rings. The molecule has 138 valence electrons. The quantitative estimate of drug-likeness (QED) is 0.350. The number of rotatable bonds is 7. The molecule has 2 N–H and O–H groups in total. The number of nitrogens with one attached hydrogen (secondary N) is 2. The number of benzene rings is 1. The molecule has 7 heteroatoms. The van der Waals surface area contributed by atoms with E-state index in [4.69, 9.17) is 9.47 Å². The summed E-state index contributed by atoms with van der Waals surface area (Å²) in [5.74, 6) is 2.53. The molecule has 0 fully saturated rings. The van der Waals surface area contributed by atoms with Gasteiger partial charge in [-0.25, -0.2) is 0 Å². The summed E-state index contributed by atoms with van der Waals surface area (Å²) in [6.45, 7) is 5.75. The van der Waals surface area contributed by atoms with Crippen LogP contribution < -0.4 is 20.1 Å². The Balaban J connectivity index is 0.00000312. The molecule has 0 aliphatic carbocycles. The molecule has 0 bridgehead atoms. The maximum absolute atomic E-state index is 5.34. The average molecular weight is 475 g/mol. The number of halogens is 1. The Bertz CT molecular complexity index is 662. The molecule has 0 spiro atoms. The lowest BCUT2D eigenvalue weighted by Gasteiger charge is -2.15. The lowest BCUT2D eigenvalue weighted by Crippen LogP contribution is -2.31. The van der Waals surface area contributed by atoms with E-state index in [0.29, 0.717) is 17.4 Å². The monoisotopic (exact) mass is 475 g/mol. The van der Waals surface area contributed by atoms with Gasteiger partial charge in [0.2, 0.25) is 0 Å². The van der Waals surface area contributed by atoms with Crippen LogP contribution in [0.3, 0.4) is 0 Å². The van der Waals surface area contributed by atoms with Crippen LogP contribution in [-0.2, 0) is 0 Å². The zero-order valence-electron chi connectivity index (χ0n) is 15.0. The highest BCUT2D eigenvalue weighted by Crippen LogP contribution is 2.29. The number of methoxy groups -OCH3 is 2. The van der Waals surface area contributed by atoms with Crippen LogP contribution in [0.2, 0.25) is 0 Å². The van der Waals surface area contributed by atoms with E-state index >= 15 is 0 Å². The zero-order valence-corrected chi connectivity index (χ0v) is 18.2. The first-order valence-corrected chi connectivity index (χ1v) is 8.91. The largest absolute Gasteiger partial charge is 0.493 e. The van der Waals surface area contributed by atoms with E-state index < -0.39 is 0 Å². The summed E-state index contributed by atoms with van der Waals surface area (Å²) in [6, 6.07) is 7.86. The van der Waals surface area contributed by atoms with Crippen molar-refractivity contribution in [2.45, 2.75) is 19.8 Å². The zero-order chi connectivity index (χ0) is 17.4. The van der Waals surface area contributed by atoms with Crippen molar-refractivity contribution in [1.82, 2.24) is 5.32 Å². The highest BCUT2D eigenvalue weighted by Gasteiger charge is 2.08. The van der Waals surface area contributed by atoms with E-state index in [1.807, 2.05) is 25.1 Å². The fourth-order valence-corrected chi connectivity index (χ4v) is 3.03. The number of nitrogens with zero attached hydrogens (tertiary/aromatic N) is 1. The minimum Gasteiger partial charge on any atom is -0.493 e. The standard InChI is InChI=1S/C18H25N3O2S.HI/c1-5-19-18(20-11-13(2)14-8-9-24-12-14)21-15-6-7-16(22-3)17(10-15)23-4;/h6-10,12-13H,5,11H2,1-4H3,(H2,19,20,21);1H. The summed E-state index contributed by atoms with van der Waals surface area (Å²) in [7, 11) is 3.26. The predicted molar refractivity (Wildman–Crippen MR) is 117 cm³/mol. The first-order chi connectivity index (χ1) is 11.7. The van der Waals surface area contributed by atoms with Gasteiger partial charge in [0.05, 0.1) is 14.2 Å². The Morgan fingerprint density at radius 2 is 1.96 bits per heavy atom. The third kappa shape index (κ3) is 6.39. The molecule has 1 heterocycles. The Labute approximate surface area is 170 Å². The van der Waals surface area contributed by atoms with Gasteiger partial charge in [0.15, 0.2) is 17.5 Å². The van der Waals surface area contributed by atoms with Gasteiger partial charge in [0.1, 0.15) is 0 Å². The van der Waals surface area contributed by atoms with Gasteiger partial charge in [-0.2, -0.15) is 11.3 Å². The molecule has 0 saturated carbocycles. The van der Waals surface area contributed by atoms with Gasteiger partial charge in [-0.3, -0.25) is 4.99 Å². The molecule has 5 nitrogen and oxygen atoms in total. The van der Waals surface area contributed by atoms with Crippen LogP contribution in [0.4, 0.5) is 5.69 Å². The summed E-state index contributed by atoms with van der Waals surface area (Å²) < 4.78 is 10.6. The van der Waals surface area contributed by atoms with Gasteiger partial charge < -0.3 is 20.1 Å². The second-order valence-corrected chi connectivity index (χ2v) is 6.15. The number of guanidine groups is 1. The Morgan fingerprint density at radius 3 is 2.56 bits per heavy atom. The van der Waals surface area contributed by atoms with Gasteiger partial charge in [-0.15, -0.1) is 24.0 Å². The smallest absolute Gasteiger partial charge is 0.195 e. The molecule has 1 unspecified atom stereocenters. The molecule has 0 saturated heterocycles. The van der Waals surface area contributed by atoms with Crippen LogP contribution in [0.15, 0.2) is 40.0 Å². The van der Waals surface area contributed by atoms with Crippen LogP contribution in [0.25, 0.3) is 0 Å². The van der Waals surface area contributed by atoms with Crippen molar-refractivity contribution in [3.63, 3.8) is 0 Å². The number of hydrogen-bond acceptors (Lipinski definition) is 4. The summed E-state index contributed by atoms with van der Waals surface area (Å²) in [5.41, 5.74) is 2.22. The van der Waals surface area contributed by atoms with E-state index in [1.54, 1.807) is 25.6 Å². The van der Waals surface area contributed by atoms with Crippen molar-refractivity contribution in [3.8, 4) is 11.5 Å². The molecular formula is C18H26IN3O2S. The molecule has 0 aliphatic heterocycles. The Hall–Kier alpha value is -1.48. The summed E-state index contributed by atoms with van der Waals surface area (Å²) in [5, 5.41) is 10.9. The SMILES string of the molecule is CCNC(=NCC(C)c1ccsc1)Nc1ccc(OC)c(OC)c1.I. The average Bonchev–Trinajstić information content (AvgIpc) is 3.14. The fourth-order valence-electron chi connectivity index (χ4n) is 2.25. The molecule has 2 aromatic rings.